The molecule has 0 fully saturated rings. The number of rotatable bonds is 7. The number of methoxy groups -OCH3 is 2. The number of nitriles is 1. The minimum atomic E-state index is -0.306. The average Bonchev–Trinajstić information content (AvgIpc) is 2.65. The van der Waals surface area contributed by atoms with Crippen molar-refractivity contribution in [3.05, 3.63) is 47.5 Å². The van der Waals surface area contributed by atoms with Gasteiger partial charge in [-0.3, -0.25) is 4.79 Å². The largest absolute Gasteiger partial charge is 0.493 e. The number of carbonyl (C=O) groups excluding carboxylic acids is 1. The van der Waals surface area contributed by atoms with Gasteiger partial charge in [0.05, 0.1) is 27.2 Å². The van der Waals surface area contributed by atoms with Gasteiger partial charge in [-0.15, -0.1) is 0 Å². The lowest BCUT2D eigenvalue weighted by molar-refractivity contribution is -0.139. The molecule has 0 aliphatic rings. The fraction of sp³-hybridized carbons (Fsp3) is 0.300. The van der Waals surface area contributed by atoms with E-state index in [0.717, 1.165) is 23.1 Å². The Morgan fingerprint density at radius 3 is 2.64 bits per heavy atom. The first kappa shape index (κ1) is 18.3. The molecule has 0 aliphatic carbocycles. The molecule has 2 aromatic carbocycles. The average molecular weight is 339 g/mol. The summed E-state index contributed by atoms with van der Waals surface area (Å²) in [5.74, 6) is 0.668. The molecule has 5 heteroatoms. The second-order valence-corrected chi connectivity index (χ2v) is 5.43. The van der Waals surface area contributed by atoms with Crippen LogP contribution in [0.25, 0.3) is 11.1 Å². The molecule has 0 heterocycles. The minimum Gasteiger partial charge on any atom is -0.493 e. The Hall–Kier alpha value is -3.00. The summed E-state index contributed by atoms with van der Waals surface area (Å²) in [5, 5.41) is 9.67. The quantitative estimate of drug-likeness (QED) is 0.719. The molecular formula is C20H21NO4. The Kier molecular flexibility index (Phi) is 6.41. The van der Waals surface area contributed by atoms with Gasteiger partial charge in [0, 0.05) is 5.56 Å². The molecule has 0 atom stereocenters. The highest BCUT2D eigenvalue weighted by atomic mass is 16.5. The minimum absolute atomic E-state index is 0.182. The first-order valence-electron chi connectivity index (χ1n) is 8.04. The van der Waals surface area contributed by atoms with E-state index in [1.165, 1.54) is 7.11 Å². The molecule has 25 heavy (non-hydrogen) atoms. The van der Waals surface area contributed by atoms with Crippen molar-refractivity contribution in [2.45, 2.75) is 19.8 Å². The van der Waals surface area contributed by atoms with Crippen LogP contribution in [0.1, 0.15) is 24.5 Å². The van der Waals surface area contributed by atoms with E-state index < -0.39 is 0 Å². The summed E-state index contributed by atoms with van der Waals surface area (Å²) in [4.78, 5) is 11.5. The zero-order valence-corrected chi connectivity index (χ0v) is 14.7. The number of benzene rings is 2. The number of hydrogen-bond acceptors (Lipinski definition) is 5. The van der Waals surface area contributed by atoms with Crippen LogP contribution in [0.5, 0.6) is 11.5 Å². The van der Waals surface area contributed by atoms with Crippen LogP contribution in [0.2, 0.25) is 0 Å². The lowest BCUT2D eigenvalue weighted by Crippen LogP contribution is -2.04. The molecular weight excluding hydrogens is 318 g/mol. The van der Waals surface area contributed by atoms with Crippen LogP contribution >= 0.6 is 0 Å². The first-order chi connectivity index (χ1) is 12.1. The van der Waals surface area contributed by atoms with Gasteiger partial charge in [0.15, 0.2) is 11.5 Å². The second-order valence-electron chi connectivity index (χ2n) is 5.43. The molecule has 0 amide bonds. The summed E-state index contributed by atoms with van der Waals surface area (Å²) >= 11 is 0. The van der Waals surface area contributed by atoms with Crippen molar-refractivity contribution in [2.24, 2.45) is 0 Å². The standard InChI is InChI=1S/C20H21NO4/c1-4-10-25-20-17(13-21)16(8-9-18(20)23-2)15-7-5-6-14(11-15)12-19(22)24-3/h5-9,11H,4,10,12H2,1-3H3. The summed E-state index contributed by atoms with van der Waals surface area (Å²) in [7, 11) is 2.91. The monoisotopic (exact) mass is 339 g/mol. The van der Waals surface area contributed by atoms with Crippen LogP contribution in [0.3, 0.4) is 0 Å². The highest BCUT2D eigenvalue weighted by molar-refractivity contribution is 5.78. The first-order valence-corrected chi connectivity index (χ1v) is 8.04. The SMILES string of the molecule is CCCOc1c(OC)ccc(-c2cccc(CC(=O)OC)c2)c1C#N. The Balaban J connectivity index is 2.50. The summed E-state index contributed by atoms with van der Waals surface area (Å²) in [5.41, 5.74) is 2.81. The van der Waals surface area contributed by atoms with Gasteiger partial charge in [0.2, 0.25) is 0 Å². The van der Waals surface area contributed by atoms with Crippen molar-refractivity contribution in [3.63, 3.8) is 0 Å². The van der Waals surface area contributed by atoms with Crippen LogP contribution in [0, 0.1) is 11.3 Å². The summed E-state index contributed by atoms with van der Waals surface area (Å²) < 4.78 is 15.8. The molecule has 0 saturated heterocycles. The molecule has 0 spiro atoms. The molecule has 0 bridgehead atoms. The highest BCUT2D eigenvalue weighted by Crippen LogP contribution is 2.38. The molecule has 0 unspecified atom stereocenters. The third-order valence-corrected chi connectivity index (χ3v) is 3.72. The Morgan fingerprint density at radius 2 is 2.00 bits per heavy atom. The zero-order valence-electron chi connectivity index (χ0n) is 14.7. The van der Waals surface area contributed by atoms with Gasteiger partial charge in [-0.25, -0.2) is 0 Å². The second kappa shape index (κ2) is 8.74. The van der Waals surface area contributed by atoms with Crippen LogP contribution in [0.15, 0.2) is 36.4 Å². The third-order valence-electron chi connectivity index (χ3n) is 3.72. The van der Waals surface area contributed by atoms with E-state index >= 15 is 0 Å². The van der Waals surface area contributed by atoms with Crippen molar-refractivity contribution in [1.82, 2.24) is 0 Å². The number of esters is 1. The Labute approximate surface area is 147 Å². The maximum atomic E-state index is 11.5. The van der Waals surface area contributed by atoms with E-state index in [1.807, 2.05) is 37.3 Å². The molecule has 0 N–H and O–H groups in total. The van der Waals surface area contributed by atoms with Gasteiger partial charge in [0.25, 0.3) is 0 Å². The van der Waals surface area contributed by atoms with E-state index in [1.54, 1.807) is 13.2 Å². The van der Waals surface area contributed by atoms with Crippen LogP contribution in [-0.4, -0.2) is 26.8 Å². The molecule has 0 saturated carbocycles. The molecule has 0 radical (unpaired) electrons. The van der Waals surface area contributed by atoms with Gasteiger partial charge in [0.1, 0.15) is 11.6 Å². The van der Waals surface area contributed by atoms with E-state index in [-0.39, 0.29) is 12.4 Å². The fourth-order valence-corrected chi connectivity index (χ4v) is 2.51. The van der Waals surface area contributed by atoms with Crippen LogP contribution in [-0.2, 0) is 16.0 Å². The number of nitrogens with zero attached hydrogens (tertiary/aromatic N) is 1. The van der Waals surface area contributed by atoms with Crippen molar-refractivity contribution in [3.8, 4) is 28.7 Å². The third kappa shape index (κ3) is 4.30. The lowest BCUT2D eigenvalue weighted by Gasteiger charge is -2.15. The Morgan fingerprint density at radius 1 is 1.20 bits per heavy atom. The summed E-state index contributed by atoms with van der Waals surface area (Å²) in [6.07, 6.45) is 1.01. The van der Waals surface area contributed by atoms with E-state index in [0.29, 0.717) is 23.7 Å². The predicted molar refractivity (Wildman–Crippen MR) is 94.7 cm³/mol. The maximum Gasteiger partial charge on any atom is 0.309 e. The van der Waals surface area contributed by atoms with Crippen LogP contribution in [0.4, 0.5) is 0 Å². The molecule has 0 aromatic heterocycles. The fourth-order valence-electron chi connectivity index (χ4n) is 2.51. The van der Waals surface area contributed by atoms with Crippen molar-refractivity contribution in [1.29, 1.82) is 5.26 Å². The van der Waals surface area contributed by atoms with Crippen LogP contribution < -0.4 is 9.47 Å². The van der Waals surface area contributed by atoms with Crippen molar-refractivity contribution in [2.75, 3.05) is 20.8 Å². The molecule has 0 aliphatic heterocycles. The van der Waals surface area contributed by atoms with Gasteiger partial charge in [-0.05, 0) is 29.7 Å². The smallest absolute Gasteiger partial charge is 0.309 e. The van der Waals surface area contributed by atoms with E-state index in [4.69, 9.17) is 14.2 Å². The molecule has 5 nitrogen and oxygen atoms in total. The summed E-state index contributed by atoms with van der Waals surface area (Å²) in [6.45, 7) is 2.50. The number of hydrogen-bond donors (Lipinski definition) is 0. The zero-order chi connectivity index (χ0) is 18.2. The van der Waals surface area contributed by atoms with E-state index in [9.17, 15) is 10.1 Å². The molecule has 2 rings (SSSR count). The molecule has 2 aromatic rings. The van der Waals surface area contributed by atoms with E-state index in [2.05, 4.69) is 6.07 Å². The normalized spacial score (nSPS) is 10.0. The lowest BCUT2D eigenvalue weighted by atomic mass is 9.97. The van der Waals surface area contributed by atoms with Gasteiger partial charge >= 0.3 is 5.97 Å². The van der Waals surface area contributed by atoms with Crippen molar-refractivity contribution >= 4 is 5.97 Å². The number of carbonyl (C=O) groups is 1. The maximum absolute atomic E-state index is 11.5. The molecule has 130 valence electrons. The summed E-state index contributed by atoms with van der Waals surface area (Å²) in [6, 6.07) is 13.3. The highest BCUT2D eigenvalue weighted by Gasteiger charge is 2.17. The van der Waals surface area contributed by atoms with Gasteiger partial charge in [-0.1, -0.05) is 31.2 Å². The van der Waals surface area contributed by atoms with Gasteiger partial charge in [-0.2, -0.15) is 5.26 Å². The topological polar surface area (TPSA) is 68.6 Å². The van der Waals surface area contributed by atoms with Crippen molar-refractivity contribution < 1.29 is 19.0 Å². The number of ether oxygens (including phenoxy) is 3. The Bertz CT molecular complexity index is 793. The predicted octanol–water partition coefficient (Wildman–Crippen LogP) is 3.74. The van der Waals surface area contributed by atoms with Gasteiger partial charge < -0.3 is 14.2 Å².